The van der Waals surface area contributed by atoms with Crippen LogP contribution in [0, 0.1) is 0 Å². The van der Waals surface area contributed by atoms with Crippen LogP contribution in [0.5, 0.6) is 0 Å². The maximum Gasteiger partial charge on any atom is 0.252 e. The van der Waals surface area contributed by atoms with Crippen molar-refractivity contribution < 1.29 is 4.42 Å². The summed E-state index contributed by atoms with van der Waals surface area (Å²) < 4.78 is 7.71. The lowest BCUT2D eigenvalue weighted by molar-refractivity contribution is 0.146. The third-order valence-electron chi connectivity index (χ3n) is 7.02. The van der Waals surface area contributed by atoms with Gasteiger partial charge >= 0.3 is 0 Å². The van der Waals surface area contributed by atoms with Gasteiger partial charge in [0.15, 0.2) is 5.82 Å². The molecule has 1 aliphatic carbocycles. The van der Waals surface area contributed by atoms with Crippen LogP contribution in [0.4, 0.5) is 0 Å². The molecule has 1 fully saturated rings. The third-order valence-corrected chi connectivity index (χ3v) is 7.02. The number of fused-ring (bicyclic) bond motifs is 1. The fourth-order valence-corrected chi connectivity index (χ4v) is 5.17. The van der Waals surface area contributed by atoms with Crippen molar-refractivity contribution in [1.82, 2.24) is 30.1 Å². The Kier molecular flexibility index (Phi) is 6.58. The Bertz CT molecular complexity index is 1290. The number of aromatic amines is 1. The highest BCUT2D eigenvalue weighted by Crippen LogP contribution is 2.33. The molecule has 0 bridgehead atoms. The van der Waals surface area contributed by atoms with Gasteiger partial charge in [-0.1, -0.05) is 32.8 Å². The molecule has 0 amide bonds. The van der Waals surface area contributed by atoms with Crippen LogP contribution in [0.3, 0.4) is 0 Å². The van der Waals surface area contributed by atoms with Gasteiger partial charge in [0, 0.05) is 17.6 Å². The van der Waals surface area contributed by atoms with Crippen molar-refractivity contribution in [3.8, 4) is 0 Å². The molecule has 0 radical (unpaired) electrons. The van der Waals surface area contributed by atoms with Gasteiger partial charge in [0.2, 0.25) is 0 Å². The van der Waals surface area contributed by atoms with E-state index in [2.05, 4.69) is 51.4 Å². The molecular weight excluding hydrogens is 428 g/mol. The number of rotatable bonds is 9. The maximum absolute atomic E-state index is 13.0. The summed E-state index contributed by atoms with van der Waals surface area (Å²) >= 11 is 0. The zero-order valence-corrected chi connectivity index (χ0v) is 19.9. The average molecular weight is 461 g/mol. The number of benzene rings is 1. The van der Waals surface area contributed by atoms with Crippen molar-refractivity contribution in [3.05, 3.63) is 75.7 Å². The Morgan fingerprint density at radius 2 is 2.03 bits per heavy atom. The van der Waals surface area contributed by atoms with E-state index < -0.39 is 0 Å². The Balaban J connectivity index is 1.52. The molecule has 1 atom stereocenters. The van der Waals surface area contributed by atoms with Crippen LogP contribution in [0.2, 0.25) is 0 Å². The summed E-state index contributed by atoms with van der Waals surface area (Å²) in [4.78, 5) is 18.4. The number of H-pyrrole nitrogens is 1. The minimum atomic E-state index is -0.0635. The number of hydrogen-bond donors (Lipinski definition) is 1. The van der Waals surface area contributed by atoms with Crippen molar-refractivity contribution in [2.75, 3.05) is 0 Å². The number of aryl methyl sites for hydroxylation is 1. The van der Waals surface area contributed by atoms with Crippen molar-refractivity contribution in [2.45, 2.75) is 77.5 Å². The zero-order valence-electron chi connectivity index (χ0n) is 19.9. The summed E-state index contributed by atoms with van der Waals surface area (Å²) in [7, 11) is 0. The van der Waals surface area contributed by atoms with Crippen molar-refractivity contribution in [3.63, 3.8) is 0 Å². The molecule has 0 unspecified atom stereocenters. The van der Waals surface area contributed by atoms with E-state index in [0.717, 1.165) is 53.7 Å². The molecule has 4 aromatic rings. The third kappa shape index (κ3) is 4.55. The van der Waals surface area contributed by atoms with Gasteiger partial charge in [0.05, 0.1) is 24.9 Å². The summed E-state index contributed by atoms with van der Waals surface area (Å²) in [6.07, 6.45) is 8.10. The first-order valence-electron chi connectivity index (χ1n) is 12.3. The second-order valence-electron chi connectivity index (χ2n) is 9.23. The molecule has 1 aromatic carbocycles. The van der Waals surface area contributed by atoms with E-state index >= 15 is 0 Å². The topological polar surface area (TPSA) is 92.8 Å². The summed E-state index contributed by atoms with van der Waals surface area (Å²) in [6, 6.07) is 12.4. The molecule has 1 aliphatic rings. The lowest BCUT2D eigenvalue weighted by Gasteiger charge is -2.30. The van der Waals surface area contributed by atoms with Gasteiger partial charge in [-0.05, 0) is 77.4 Å². The molecule has 5 rings (SSSR count). The van der Waals surface area contributed by atoms with Crippen LogP contribution in [0.1, 0.15) is 80.7 Å². The SMILES string of the molecule is CCc1ccc2[nH]c(=O)c(CN(Cc3ccco3)[C@H](CC)c3nnnn3C3CCCC3)cc2c1. The van der Waals surface area contributed by atoms with Crippen molar-refractivity contribution in [1.29, 1.82) is 0 Å². The zero-order chi connectivity index (χ0) is 23.5. The average Bonchev–Trinajstić information content (AvgIpc) is 3.62. The maximum atomic E-state index is 13.0. The Labute approximate surface area is 199 Å². The predicted molar refractivity (Wildman–Crippen MR) is 130 cm³/mol. The van der Waals surface area contributed by atoms with Crippen molar-refractivity contribution in [2.24, 2.45) is 0 Å². The van der Waals surface area contributed by atoms with Crippen LogP contribution in [0.15, 0.2) is 51.9 Å². The van der Waals surface area contributed by atoms with Gasteiger partial charge in [0.1, 0.15) is 5.76 Å². The van der Waals surface area contributed by atoms with Crippen LogP contribution in [0.25, 0.3) is 10.9 Å². The first-order chi connectivity index (χ1) is 16.7. The van der Waals surface area contributed by atoms with Crippen molar-refractivity contribution >= 4 is 10.9 Å². The molecule has 1 saturated carbocycles. The van der Waals surface area contributed by atoms with E-state index in [-0.39, 0.29) is 11.6 Å². The minimum Gasteiger partial charge on any atom is -0.468 e. The Hall–Kier alpha value is -3.26. The Morgan fingerprint density at radius 3 is 2.76 bits per heavy atom. The number of hydrogen-bond acceptors (Lipinski definition) is 6. The van der Waals surface area contributed by atoms with E-state index in [4.69, 9.17) is 4.42 Å². The molecular formula is C26H32N6O2. The van der Waals surface area contributed by atoms with Gasteiger partial charge in [0.25, 0.3) is 5.56 Å². The number of aromatic nitrogens is 5. The first-order valence-corrected chi connectivity index (χ1v) is 12.3. The number of nitrogens with one attached hydrogen (secondary N) is 1. The van der Waals surface area contributed by atoms with Crippen LogP contribution in [-0.4, -0.2) is 30.1 Å². The molecule has 34 heavy (non-hydrogen) atoms. The Morgan fingerprint density at radius 1 is 1.18 bits per heavy atom. The quantitative estimate of drug-likeness (QED) is 0.380. The van der Waals surface area contributed by atoms with Gasteiger partial charge in [-0.25, -0.2) is 4.68 Å². The van der Waals surface area contributed by atoms with Gasteiger partial charge in [-0.2, -0.15) is 0 Å². The number of nitrogens with zero attached hydrogens (tertiary/aromatic N) is 5. The molecule has 0 saturated heterocycles. The van der Waals surface area contributed by atoms with Crippen LogP contribution < -0.4 is 5.56 Å². The highest BCUT2D eigenvalue weighted by atomic mass is 16.3. The normalized spacial score (nSPS) is 15.5. The van der Waals surface area contributed by atoms with Gasteiger partial charge < -0.3 is 9.40 Å². The van der Waals surface area contributed by atoms with E-state index in [1.807, 2.05) is 28.9 Å². The van der Waals surface area contributed by atoms with Gasteiger partial charge in [-0.15, -0.1) is 5.10 Å². The second-order valence-corrected chi connectivity index (χ2v) is 9.23. The monoisotopic (exact) mass is 460 g/mol. The highest BCUT2D eigenvalue weighted by Gasteiger charge is 2.30. The minimum absolute atomic E-state index is 0.0437. The fraction of sp³-hybridized carbons (Fsp3) is 0.462. The van der Waals surface area contributed by atoms with E-state index in [9.17, 15) is 4.79 Å². The summed E-state index contributed by atoms with van der Waals surface area (Å²) in [5.41, 5.74) is 2.78. The van der Waals surface area contributed by atoms with E-state index in [1.165, 1.54) is 18.4 Å². The number of tetrazole rings is 1. The molecule has 1 N–H and O–H groups in total. The predicted octanol–water partition coefficient (Wildman–Crippen LogP) is 4.94. The second kappa shape index (κ2) is 9.93. The largest absolute Gasteiger partial charge is 0.468 e. The van der Waals surface area contributed by atoms with Crippen LogP contribution in [-0.2, 0) is 19.5 Å². The molecule has 3 aromatic heterocycles. The summed E-state index contributed by atoms with van der Waals surface area (Å²) in [5.74, 6) is 1.72. The molecule has 8 nitrogen and oxygen atoms in total. The first kappa shape index (κ1) is 22.5. The molecule has 3 heterocycles. The summed E-state index contributed by atoms with van der Waals surface area (Å²) in [6.45, 7) is 5.32. The standard InChI is InChI=1S/C26H32N6O2/c1-3-18-11-12-23-19(14-18)15-20(26(33)27-23)16-31(17-22-10-7-13-34-22)24(4-2)25-28-29-30-32(25)21-8-5-6-9-21/h7,10-15,21,24H,3-6,8-9,16-17H2,1-2H3,(H,27,33)/t24-/m1/s1. The van der Waals surface area contributed by atoms with Gasteiger partial charge in [-0.3, -0.25) is 9.69 Å². The van der Waals surface area contributed by atoms with E-state index in [1.54, 1.807) is 6.26 Å². The van der Waals surface area contributed by atoms with E-state index in [0.29, 0.717) is 19.1 Å². The molecule has 8 heteroatoms. The summed E-state index contributed by atoms with van der Waals surface area (Å²) in [5, 5.41) is 13.9. The lowest BCUT2D eigenvalue weighted by atomic mass is 10.1. The highest BCUT2D eigenvalue weighted by molar-refractivity contribution is 5.79. The smallest absolute Gasteiger partial charge is 0.252 e. The molecule has 178 valence electrons. The number of furan rings is 1. The molecule has 0 aliphatic heterocycles. The van der Waals surface area contributed by atoms with Crippen LogP contribution >= 0.6 is 0 Å². The fourth-order valence-electron chi connectivity index (χ4n) is 5.17. The lowest BCUT2D eigenvalue weighted by Crippen LogP contribution is -2.32. The molecule has 0 spiro atoms. The number of pyridine rings is 1.